The Morgan fingerprint density at radius 3 is 2.87 bits per heavy atom. The monoisotopic (exact) mass is 311 g/mol. The predicted octanol–water partition coefficient (Wildman–Crippen LogP) is 3.20. The summed E-state index contributed by atoms with van der Waals surface area (Å²) in [5.41, 5.74) is 0. The summed E-state index contributed by atoms with van der Waals surface area (Å²) < 4.78 is 6.26. The van der Waals surface area contributed by atoms with Crippen LogP contribution in [0.1, 0.15) is 4.88 Å². The van der Waals surface area contributed by atoms with Crippen molar-refractivity contribution in [1.82, 2.24) is 4.90 Å². The van der Waals surface area contributed by atoms with E-state index in [0.717, 1.165) is 26.2 Å². The third kappa shape index (κ3) is 4.83. The third-order valence-corrected chi connectivity index (χ3v) is 4.15. The summed E-state index contributed by atoms with van der Waals surface area (Å²) in [4.78, 5) is 3.64. The van der Waals surface area contributed by atoms with Crippen molar-refractivity contribution in [2.75, 3.05) is 32.7 Å². The highest BCUT2D eigenvalue weighted by Gasteiger charge is 2.08. The van der Waals surface area contributed by atoms with Crippen LogP contribution in [0, 0.1) is 0 Å². The zero-order chi connectivity index (χ0) is 11.1. The summed E-state index contributed by atoms with van der Waals surface area (Å²) >= 11 is 11.1. The van der Waals surface area contributed by atoms with Gasteiger partial charge in [0.15, 0.2) is 0 Å². The maximum absolute atomic E-state index is 5.76. The minimum Gasteiger partial charge on any atom is -0.383 e. The molecule has 86 valence electrons. The number of thiophene rings is 1. The first kappa shape index (κ1) is 13.5. The number of hydrogen-bond donors (Lipinski definition) is 0. The molecule has 0 saturated carbocycles. The van der Waals surface area contributed by atoms with Crippen molar-refractivity contribution in [3.8, 4) is 0 Å². The van der Waals surface area contributed by atoms with E-state index in [2.05, 4.69) is 32.3 Å². The average Bonchev–Trinajstić information content (AvgIpc) is 2.61. The van der Waals surface area contributed by atoms with Gasteiger partial charge in [-0.1, -0.05) is 0 Å². The van der Waals surface area contributed by atoms with Crippen LogP contribution in [0.5, 0.6) is 0 Å². The molecule has 0 spiro atoms. The van der Waals surface area contributed by atoms with Crippen LogP contribution in [-0.4, -0.2) is 37.6 Å². The lowest BCUT2D eigenvalue weighted by molar-refractivity contribution is 0.148. The lowest BCUT2D eigenvalue weighted by atomic mass is 10.4. The molecular formula is C10H15BrClNOS. The van der Waals surface area contributed by atoms with Crippen molar-refractivity contribution in [1.29, 1.82) is 0 Å². The molecule has 0 N–H and O–H groups in total. The highest BCUT2D eigenvalue weighted by atomic mass is 79.9. The molecule has 0 aliphatic carbocycles. The first-order valence-corrected chi connectivity index (χ1v) is 6.97. The lowest BCUT2D eigenvalue weighted by Gasteiger charge is -2.20. The fourth-order valence-electron chi connectivity index (χ4n) is 1.25. The van der Waals surface area contributed by atoms with Gasteiger partial charge in [-0.05, 0) is 27.4 Å². The molecule has 0 bridgehead atoms. The molecule has 0 aliphatic rings. The van der Waals surface area contributed by atoms with E-state index in [9.17, 15) is 0 Å². The first-order chi connectivity index (χ1) is 7.27. The van der Waals surface area contributed by atoms with Crippen LogP contribution in [-0.2, 0) is 11.3 Å². The summed E-state index contributed by atoms with van der Waals surface area (Å²) in [6.45, 7) is 3.51. The Bertz CT molecular complexity index is 282. The van der Waals surface area contributed by atoms with Crippen LogP contribution in [0.4, 0.5) is 0 Å². The van der Waals surface area contributed by atoms with E-state index in [4.69, 9.17) is 16.3 Å². The van der Waals surface area contributed by atoms with Crippen LogP contribution in [0.25, 0.3) is 0 Å². The van der Waals surface area contributed by atoms with Gasteiger partial charge in [-0.15, -0.1) is 22.9 Å². The molecule has 0 aromatic carbocycles. The average molecular weight is 313 g/mol. The molecule has 0 atom stereocenters. The van der Waals surface area contributed by atoms with Crippen molar-refractivity contribution >= 4 is 38.9 Å². The normalized spacial score (nSPS) is 11.2. The van der Waals surface area contributed by atoms with E-state index >= 15 is 0 Å². The Morgan fingerprint density at radius 2 is 2.33 bits per heavy atom. The van der Waals surface area contributed by atoms with Crippen LogP contribution >= 0.6 is 38.9 Å². The molecule has 0 fully saturated rings. The summed E-state index contributed by atoms with van der Waals surface area (Å²) in [5, 5.41) is 2.09. The Balaban J connectivity index is 2.46. The van der Waals surface area contributed by atoms with Gasteiger partial charge in [0, 0.05) is 42.0 Å². The molecule has 0 saturated heterocycles. The Labute approximate surface area is 108 Å². The van der Waals surface area contributed by atoms with Crippen molar-refractivity contribution in [3.05, 3.63) is 20.8 Å². The zero-order valence-corrected chi connectivity index (χ0v) is 11.9. The van der Waals surface area contributed by atoms with E-state index in [1.165, 1.54) is 9.35 Å². The fraction of sp³-hybridized carbons (Fsp3) is 0.600. The van der Waals surface area contributed by atoms with Crippen LogP contribution in [0.15, 0.2) is 15.9 Å². The topological polar surface area (TPSA) is 12.5 Å². The van der Waals surface area contributed by atoms with Gasteiger partial charge in [0.05, 0.1) is 6.61 Å². The number of alkyl halides is 1. The first-order valence-electron chi connectivity index (χ1n) is 4.77. The van der Waals surface area contributed by atoms with Crippen LogP contribution < -0.4 is 0 Å². The molecule has 2 nitrogen and oxygen atoms in total. The Morgan fingerprint density at radius 1 is 1.53 bits per heavy atom. The Hall–Kier alpha value is 0.390. The van der Waals surface area contributed by atoms with E-state index < -0.39 is 0 Å². The maximum atomic E-state index is 5.76. The largest absolute Gasteiger partial charge is 0.383 e. The van der Waals surface area contributed by atoms with E-state index in [1.54, 1.807) is 18.4 Å². The zero-order valence-electron chi connectivity index (χ0n) is 8.71. The van der Waals surface area contributed by atoms with Crippen LogP contribution in [0.2, 0.25) is 0 Å². The summed E-state index contributed by atoms with van der Waals surface area (Å²) in [6, 6.07) is 2.08. The minimum atomic E-state index is 0.659. The second-order valence-electron chi connectivity index (χ2n) is 3.15. The van der Waals surface area contributed by atoms with Gasteiger partial charge >= 0.3 is 0 Å². The van der Waals surface area contributed by atoms with Crippen molar-refractivity contribution < 1.29 is 4.74 Å². The van der Waals surface area contributed by atoms with Gasteiger partial charge in [0.1, 0.15) is 0 Å². The predicted molar refractivity (Wildman–Crippen MR) is 69.9 cm³/mol. The van der Waals surface area contributed by atoms with Crippen LogP contribution in [0.3, 0.4) is 0 Å². The molecule has 5 heteroatoms. The number of nitrogens with zero attached hydrogens (tertiary/aromatic N) is 1. The quantitative estimate of drug-likeness (QED) is 0.717. The molecule has 0 aliphatic heterocycles. The molecule has 1 rings (SSSR count). The van der Waals surface area contributed by atoms with Gasteiger partial charge < -0.3 is 4.74 Å². The second kappa shape index (κ2) is 7.63. The van der Waals surface area contributed by atoms with E-state index in [-0.39, 0.29) is 0 Å². The van der Waals surface area contributed by atoms with Gasteiger partial charge in [0.25, 0.3) is 0 Å². The van der Waals surface area contributed by atoms with Crippen molar-refractivity contribution in [3.63, 3.8) is 0 Å². The summed E-state index contributed by atoms with van der Waals surface area (Å²) in [6.07, 6.45) is 0. The Kier molecular flexibility index (Phi) is 6.84. The molecule has 1 aromatic heterocycles. The maximum Gasteiger partial charge on any atom is 0.0589 e. The van der Waals surface area contributed by atoms with Gasteiger partial charge in [-0.2, -0.15) is 0 Å². The van der Waals surface area contributed by atoms with Crippen molar-refractivity contribution in [2.45, 2.75) is 6.54 Å². The lowest BCUT2D eigenvalue weighted by Crippen LogP contribution is -2.28. The standard InChI is InChI=1S/C10H15BrClNOS/c1-14-6-5-13(4-3-12)8-10-9(11)2-7-15-10/h2,7H,3-6,8H2,1H3. The SMILES string of the molecule is COCCN(CCCl)Cc1sccc1Br. The molecule has 0 unspecified atom stereocenters. The highest BCUT2D eigenvalue weighted by molar-refractivity contribution is 9.10. The smallest absolute Gasteiger partial charge is 0.0589 e. The van der Waals surface area contributed by atoms with Gasteiger partial charge in [0.2, 0.25) is 0 Å². The molecular weight excluding hydrogens is 298 g/mol. The summed E-state index contributed by atoms with van der Waals surface area (Å²) in [7, 11) is 1.72. The number of ether oxygens (including phenoxy) is 1. The molecule has 0 radical (unpaired) electrons. The second-order valence-corrected chi connectivity index (χ2v) is 5.38. The van der Waals surface area contributed by atoms with Gasteiger partial charge in [-0.25, -0.2) is 0 Å². The van der Waals surface area contributed by atoms with Crippen molar-refractivity contribution in [2.24, 2.45) is 0 Å². The molecule has 0 amide bonds. The number of halogens is 2. The molecule has 1 aromatic rings. The summed E-state index contributed by atoms with van der Waals surface area (Å²) in [5.74, 6) is 0.659. The number of rotatable bonds is 7. The molecule has 15 heavy (non-hydrogen) atoms. The van der Waals surface area contributed by atoms with Gasteiger partial charge in [-0.3, -0.25) is 4.90 Å². The molecule has 1 heterocycles. The number of hydrogen-bond acceptors (Lipinski definition) is 3. The highest BCUT2D eigenvalue weighted by Crippen LogP contribution is 2.23. The minimum absolute atomic E-state index is 0.659. The number of methoxy groups -OCH3 is 1. The third-order valence-electron chi connectivity index (χ3n) is 2.07. The van der Waals surface area contributed by atoms with E-state index in [0.29, 0.717) is 5.88 Å². The van der Waals surface area contributed by atoms with E-state index in [1.807, 2.05) is 0 Å². The fourth-order valence-corrected chi connectivity index (χ4v) is 3.01.